The van der Waals surface area contributed by atoms with Gasteiger partial charge in [-0.15, -0.1) is 0 Å². The van der Waals surface area contributed by atoms with Gasteiger partial charge in [0.1, 0.15) is 0 Å². The van der Waals surface area contributed by atoms with Gasteiger partial charge in [0.2, 0.25) is 0 Å². The predicted octanol–water partition coefficient (Wildman–Crippen LogP) is 2.64. The van der Waals surface area contributed by atoms with Crippen LogP contribution < -0.4 is 5.32 Å². The summed E-state index contributed by atoms with van der Waals surface area (Å²) in [6.07, 6.45) is 12.5. The second kappa shape index (κ2) is 5.48. The van der Waals surface area contributed by atoms with Crippen LogP contribution in [0.4, 0.5) is 0 Å². The standard InChI is InChI=1S/C15H27NO2/c1-17-13-5-4-12(10-13)16-11-14-6-9-15(18-14)7-2-3-8-15/h12-14,16H,2-11H2,1H3. The molecule has 1 aliphatic heterocycles. The zero-order valence-electron chi connectivity index (χ0n) is 11.6. The molecule has 0 bridgehead atoms. The van der Waals surface area contributed by atoms with E-state index >= 15 is 0 Å². The van der Waals surface area contributed by atoms with Crippen molar-refractivity contribution in [1.29, 1.82) is 0 Å². The normalized spacial score (nSPS) is 38.8. The Bertz CT molecular complexity index is 276. The molecular formula is C15H27NO2. The van der Waals surface area contributed by atoms with Gasteiger partial charge in [-0.05, 0) is 44.9 Å². The van der Waals surface area contributed by atoms with Crippen molar-refractivity contribution in [2.75, 3.05) is 13.7 Å². The third kappa shape index (κ3) is 2.73. The summed E-state index contributed by atoms with van der Waals surface area (Å²) in [6, 6.07) is 0.652. The molecule has 3 atom stereocenters. The van der Waals surface area contributed by atoms with Crippen LogP contribution in [0.1, 0.15) is 57.8 Å². The highest BCUT2D eigenvalue weighted by molar-refractivity contribution is 4.93. The Morgan fingerprint density at radius 3 is 2.72 bits per heavy atom. The van der Waals surface area contributed by atoms with Gasteiger partial charge in [0.15, 0.2) is 0 Å². The summed E-state index contributed by atoms with van der Waals surface area (Å²) in [7, 11) is 1.83. The fourth-order valence-corrected chi connectivity index (χ4v) is 4.06. The largest absolute Gasteiger partial charge is 0.381 e. The van der Waals surface area contributed by atoms with E-state index in [2.05, 4.69) is 5.32 Å². The van der Waals surface area contributed by atoms with Crippen molar-refractivity contribution in [2.24, 2.45) is 0 Å². The van der Waals surface area contributed by atoms with Crippen molar-refractivity contribution in [2.45, 2.75) is 81.6 Å². The molecule has 1 saturated heterocycles. The monoisotopic (exact) mass is 253 g/mol. The molecule has 3 heteroatoms. The van der Waals surface area contributed by atoms with Crippen LogP contribution in [0.15, 0.2) is 0 Å². The van der Waals surface area contributed by atoms with Crippen LogP contribution in [0, 0.1) is 0 Å². The van der Waals surface area contributed by atoms with Crippen molar-refractivity contribution >= 4 is 0 Å². The fraction of sp³-hybridized carbons (Fsp3) is 1.00. The first-order valence-electron chi connectivity index (χ1n) is 7.74. The van der Waals surface area contributed by atoms with E-state index in [-0.39, 0.29) is 5.60 Å². The molecule has 0 aromatic heterocycles. The Morgan fingerprint density at radius 2 is 2.00 bits per heavy atom. The van der Waals surface area contributed by atoms with Crippen molar-refractivity contribution in [3.8, 4) is 0 Å². The number of rotatable bonds is 4. The van der Waals surface area contributed by atoms with Crippen molar-refractivity contribution in [3.63, 3.8) is 0 Å². The molecule has 0 radical (unpaired) electrons. The van der Waals surface area contributed by atoms with Crippen molar-refractivity contribution < 1.29 is 9.47 Å². The third-order valence-corrected chi connectivity index (χ3v) is 5.21. The van der Waals surface area contributed by atoms with E-state index in [1.165, 1.54) is 57.8 Å². The molecule has 3 fully saturated rings. The van der Waals surface area contributed by atoms with E-state index in [0.29, 0.717) is 18.2 Å². The molecule has 3 rings (SSSR count). The van der Waals surface area contributed by atoms with Crippen LogP contribution in [-0.4, -0.2) is 37.5 Å². The minimum atomic E-state index is 0.289. The molecule has 2 aliphatic carbocycles. The maximum atomic E-state index is 6.33. The summed E-state index contributed by atoms with van der Waals surface area (Å²) in [5, 5.41) is 3.69. The lowest BCUT2D eigenvalue weighted by atomic mass is 9.98. The van der Waals surface area contributed by atoms with Crippen LogP contribution in [-0.2, 0) is 9.47 Å². The molecule has 3 unspecified atom stereocenters. The van der Waals surface area contributed by atoms with E-state index in [1.54, 1.807) is 0 Å². The topological polar surface area (TPSA) is 30.5 Å². The first-order chi connectivity index (χ1) is 8.80. The smallest absolute Gasteiger partial charge is 0.0708 e. The lowest BCUT2D eigenvalue weighted by molar-refractivity contribution is -0.0359. The minimum Gasteiger partial charge on any atom is -0.381 e. The van der Waals surface area contributed by atoms with Crippen molar-refractivity contribution in [3.05, 3.63) is 0 Å². The van der Waals surface area contributed by atoms with E-state index < -0.39 is 0 Å². The van der Waals surface area contributed by atoms with Gasteiger partial charge < -0.3 is 14.8 Å². The zero-order valence-corrected chi connectivity index (χ0v) is 11.6. The number of hydrogen-bond acceptors (Lipinski definition) is 3. The lowest BCUT2D eigenvalue weighted by Crippen LogP contribution is -2.36. The molecule has 1 spiro atoms. The number of ether oxygens (including phenoxy) is 2. The second-order valence-electron chi connectivity index (χ2n) is 6.44. The highest BCUT2D eigenvalue weighted by atomic mass is 16.5. The summed E-state index contributed by atoms with van der Waals surface area (Å²) in [4.78, 5) is 0. The maximum Gasteiger partial charge on any atom is 0.0708 e. The Balaban J connectivity index is 1.39. The number of hydrogen-bond donors (Lipinski definition) is 1. The quantitative estimate of drug-likeness (QED) is 0.835. The van der Waals surface area contributed by atoms with Gasteiger partial charge in [-0.3, -0.25) is 0 Å². The molecular weight excluding hydrogens is 226 g/mol. The molecule has 1 N–H and O–H groups in total. The van der Waals surface area contributed by atoms with Gasteiger partial charge in [0.05, 0.1) is 17.8 Å². The minimum absolute atomic E-state index is 0.289. The molecule has 0 aromatic rings. The third-order valence-electron chi connectivity index (χ3n) is 5.21. The summed E-state index contributed by atoms with van der Waals surface area (Å²) < 4.78 is 11.7. The van der Waals surface area contributed by atoms with E-state index in [1.807, 2.05) is 7.11 Å². The molecule has 1 heterocycles. The van der Waals surface area contributed by atoms with Gasteiger partial charge in [-0.25, -0.2) is 0 Å². The van der Waals surface area contributed by atoms with Crippen LogP contribution in [0.2, 0.25) is 0 Å². The van der Waals surface area contributed by atoms with E-state index in [0.717, 1.165) is 6.54 Å². The highest BCUT2D eigenvalue weighted by Crippen LogP contribution is 2.43. The molecule has 3 nitrogen and oxygen atoms in total. The number of methoxy groups -OCH3 is 1. The summed E-state index contributed by atoms with van der Waals surface area (Å²) >= 11 is 0. The Morgan fingerprint density at radius 1 is 1.17 bits per heavy atom. The van der Waals surface area contributed by atoms with Gasteiger partial charge in [-0.2, -0.15) is 0 Å². The summed E-state index contributed by atoms with van der Waals surface area (Å²) in [5.74, 6) is 0. The van der Waals surface area contributed by atoms with Gasteiger partial charge in [0.25, 0.3) is 0 Å². The zero-order chi connectivity index (χ0) is 12.4. The van der Waals surface area contributed by atoms with Crippen LogP contribution in [0.25, 0.3) is 0 Å². The Hall–Kier alpha value is -0.120. The van der Waals surface area contributed by atoms with Crippen LogP contribution in [0.3, 0.4) is 0 Å². The molecule has 18 heavy (non-hydrogen) atoms. The average molecular weight is 253 g/mol. The van der Waals surface area contributed by atoms with Crippen LogP contribution >= 0.6 is 0 Å². The predicted molar refractivity (Wildman–Crippen MR) is 71.7 cm³/mol. The maximum absolute atomic E-state index is 6.33. The first kappa shape index (κ1) is 12.9. The SMILES string of the molecule is COC1CCC(NCC2CCC3(CCCC3)O2)C1. The fourth-order valence-electron chi connectivity index (χ4n) is 4.06. The Kier molecular flexibility index (Phi) is 3.92. The molecule has 3 aliphatic rings. The van der Waals surface area contributed by atoms with E-state index in [9.17, 15) is 0 Å². The average Bonchev–Trinajstić information content (AvgIpc) is 3.10. The molecule has 0 aromatic carbocycles. The van der Waals surface area contributed by atoms with Gasteiger partial charge in [0, 0.05) is 19.7 Å². The Labute approximate surface area is 111 Å². The van der Waals surface area contributed by atoms with E-state index in [4.69, 9.17) is 9.47 Å². The van der Waals surface area contributed by atoms with Crippen LogP contribution in [0.5, 0.6) is 0 Å². The highest BCUT2D eigenvalue weighted by Gasteiger charge is 2.42. The lowest BCUT2D eigenvalue weighted by Gasteiger charge is -2.24. The van der Waals surface area contributed by atoms with Gasteiger partial charge in [-0.1, -0.05) is 12.8 Å². The van der Waals surface area contributed by atoms with Crippen molar-refractivity contribution in [1.82, 2.24) is 5.32 Å². The first-order valence-corrected chi connectivity index (χ1v) is 7.74. The number of nitrogens with one attached hydrogen (secondary N) is 1. The molecule has 2 saturated carbocycles. The summed E-state index contributed by atoms with van der Waals surface area (Å²) in [6.45, 7) is 1.04. The second-order valence-corrected chi connectivity index (χ2v) is 6.44. The molecule has 104 valence electrons. The molecule has 0 amide bonds. The van der Waals surface area contributed by atoms with Gasteiger partial charge >= 0.3 is 0 Å². The summed E-state index contributed by atoms with van der Waals surface area (Å²) in [5.41, 5.74) is 0.289.